The van der Waals surface area contributed by atoms with Gasteiger partial charge in [-0.25, -0.2) is 39.9 Å². The summed E-state index contributed by atoms with van der Waals surface area (Å²) in [6.07, 6.45) is 0. The Hall–Kier alpha value is -18.9. The smallest absolute Gasteiger partial charge is 0.235 e. The van der Waals surface area contributed by atoms with Crippen molar-refractivity contribution in [2.24, 2.45) is 0 Å². The number of furan rings is 2. The van der Waals surface area contributed by atoms with E-state index >= 15 is 0 Å². The maximum Gasteiger partial charge on any atom is 0.235 e. The highest BCUT2D eigenvalue weighted by Crippen LogP contribution is 2.57. The van der Waals surface area contributed by atoms with Crippen LogP contribution in [0.3, 0.4) is 0 Å². The van der Waals surface area contributed by atoms with Crippen LogP contribution in [-0.4, -0.2) is 58.1 Å². The molecule has 0 amide bonds. The largest absolute Gasteiger partial charge is 0.456 e. The molecule has 0 atom stereocenters. The van der Waals surface area contributed by atoms with Crippen LogP contribution in [0.1, 0.15) is 25.0 Å². The van der Waals surface area contributed by atoms with Gasteiger partial charge in [0.2, 0.25) is 23.8 Å². The Bertz CT molecular complexity index is 11100. The first-order valence-electron chi connectivity index (χ1n) is 50.1. The summed E-state index contributed by atoms with van der Waals surface area (Å²) < 4.78 is 36.4. The molecule has 4 aliphatic heterocycles. The molecule has 1 aliphatic carbocycles. The molecule has 0 N–H and O–H groups in total. The summed E-state index contributed by atoms with van der Waals surface area (Å²) in [6.45, 7) is 4.67. The Morgan fingerprint density at radius 3 is 1.09 bits per heavy atom. The Kier molecular flexibility index (Phi) is 17.5. The Balaban J connectivity index is 0.0000000866. The van der Waals surface area contributed by atoms with E-state index in [-0.39, 0.29) is 5.41 Å². The first-order chi connectivity index (χ1) is 74.1. The number of para-hydroxylation sites is 8. The quantitative estimate of drug-likeness (QED) is 0.163. The van der Waals surface area contributed by atoms with Crippen molar-refractivity contribution in [2.75, 3.05) is 0 Å². The molecule has 20 aromatic carbocycles. The van der Waals surface area contributed by atoms with E-state index in [1.54, 1.807) is 23.5 Å². The van der Waals surface area contributed by atoms with Crippen molar-refractivity contribution in [1.82, 2.24) is 58.1 Å². The van der Waals surface area contributed by atoms with Crippen molar-refractivity contribution < 1.29 is 18.3 Å². The van der Waals surface area contributed by atoms with Crippen LogP contribution in [0.15, 0.2) is 441 Å². The molecular formula is C131H74N12O4S3. The van der Waals surface area contributed by atoms with E-state index in [1.165, 1.54) is 94.5 Å². The monoisotopic (exact) mass is 1970 g/mol. The predicted octanol–water partition coefficient (Wildman–Crippen LogP) is 35.2. The molecule has 0 bridgehead atoms. The number of rotatable bonds is 4. The molecule has 0 fully saturated rings. The number of aromatic nitrogens is 12. The third kappa shape index (κ3) is 12.1. The molecule has 5 aliphatic rings. The van der Waals surface area contributed by atoms with Crippen LogP contribution in [-0.2, 0) is 5.41 Å². The molecule has 700 valence electrons. The molecule has 0 unspecified atom stereocenters. The zero-order chi connectivity index (χ0) is 98.1. The van der Waals surface area contributed by atoms with Gasteiger partial charge in [-0.05, 0) is 174 Å². The van der Waals surface area contributed by atoms with Crippen molar-refractivity contribution in [3.8, 4) is 103 Å². The number of hydrogen-bond donors (Lipinski definition) is 0. The zero-order valence-corrected chi connectivity index (χ0v) is 82.4. The lowest BCUT2D eigenvalue weighted by molar-refractivity contribution is 0.486. The van der Waals surface area contributed by atoms with Crippen LogP contribution in [0.2, 0.25) is 0 Å². The molecule has 0 spiro atoms. The number of thiophene rings is 1. The highest BCUT2D eigenvalue weighted by molar-refractivity contribution is 8.00. The zero-order valence-electron chi connectivity index (χ0n) is 80.0. The van der Waals surface area contributed by atoms with Crippen LogP contribution in [0.4, 0.5) is 0 Å². The molecule has 16 nitrogen and oxygen atoms in total. The number of benzene rings is 20. The summed E-state index contributed by atoms with van der Waals surface area (Å²) in [5.74, 6) is 5.89. The van der Waals surface area contributed by atoms with Gasteiger partial charge in [-0.2, -0.15) is 0 Å². The molecular weight excluding hydrogens is 1900 g/mol. The summed E-state index contributed by atoms with van der Waals surface area (Å²) >= 11 is 5.43. The number of hydrogen-bond acceptors (Lipinski definition) is 15. The summed E-state index contributed by atoms with van der Waals surface area (Å²) in [7, 11) is 0. The minimum atomic E-state index is -0.0807. The normalized spacial score (nSPS) is 13.1. The van der Waals surface area contributed by atoms with E-state index < -0.39 is 0 Å². The summed E-state index contributed by atoms with van der Waals surface area (Å²) in [5.41, 5.74) is 29.3. The molecule has 0 saturated carbocycles. The summed E-state index contributed by atoms with van der Waals surface area (Å²) in [4.78, 5) is 46.4. The van der Waals surface area contributed by atoms with Gasteiger partial charge in [0.15, 0.2) is 0 Å². The Morgan fingerprint density at radius 1 is 0.220 bits per heavy atom. The highest BCUT2D eigenvalue weighted by Gasteiger charge is 2.38. The molecule has 0 radical (unpaired) electrons. The fourth-order valence-electron chi connectivity index (χ4n) is 24.2. The minimum absolute atomic E-state index is 0.0807. The molecule has 0 saturated heterocycles. The molecule has 19 heteroatoms. The lowest BCUT2D eigenvalue weighted by Crippen LogP contribution is -2.15. The van der Waals surface area contributed by atoms with E-state index in [2.05, 4.69) is 348 Å². The van der Waals surface area contributed by atoms with Gasteiger partial charge < -0.3 is 18.3 Å². The van der Waals surface area contributed by atoms with Gasteiger partial charge in [-0.3, -0.25) is 18.3 Å². The fraction of sp³-hybridized carbons (Fsp3) is 0.0229. The maximum absolute atomic E-state index is 6.28. The lowest BCUT2D eigenvalue weighted by atomic mass is 9.82. The van der Waals surface area contributed by atoms with E-state index in [0.717, 1.165) is 216 Å². The van der Waals surface area contributed by atoms with Gasteiger partial charge in [0.05, 0.1) is 104 Å². The van der Waals surface area contributed by atoms with Crippen molar-refractivity contribution in [3.05, 3.63) is 424 Å². The Morgan fingerprint density at radius 2 is 0.580 bits per heavy atom. The van der Waals surface area contributed by atoms with E-state index in [1.807, 2.05) is 108 Å². The number of ether oxygens (including phenoxy) is 2. The van der Waals surface area contributed by atoms with Gasteiger partial charge in [0.1, 0.15) is 45.3 Å². The topological polar surface area (TPSA) is 168 Å². The average Bonchev–Trinajstić information content (AvgIpc) is 1.53. The summed E-state index contributed by atoms with van der Waals surface area (Å²) in [6, 6.07) is 144. The van der Waals surface area contributed by atoms with Gasteiger partial charge >= 0.3 is 0 Å². The van der Waals surface area contributed by atoms with Crippen LogP contribution >= 0.6 is 34.9 Å². The Labute approximate surface area is 865 Å². The first-order valence-corrected chi connectivity index (χ1v) is 52.6. The minimum Gasteiger partial charge on any atom is -0.456 e. The third-order valence-electron chi connectivity index (χ3n) is 30.8. The van der Waals surface area contributed by atoms with Crippen LogP contribution in [0, 0.1) is 0 Å². The van der Waals surface area contributed by atoms with Crippen molar-refractivity contribution in [1.29, 1.82) is 0 Å². The van der Waals surface area contributed by atoms with E-state index in [0.29, 0.717) is 17.8 Å². The van der Waals surface area contributed by atoms with E-state index in [9.17, 15) is 0 Å². The second kappa shape index (κ2) is 31.6. The van der Waals surface area contributed by atoms with E-state index in [4.69, 9.17) is 58.2 Å². The third-order valence-corrected chi connectivity index (χ3v) is 34.3. The van der Waals surface area contributed by atoms with Crippen molar-refractivity contribution in [3.63, 3.8) is 0 Å². The second-order valence-corrected chi connectivity index (χ2v) is 42.6. The molecule has 15 heterocycles. The first kappa shape index (κ1) is 83.4. The van der Waals surface area contributed by atoms with Crippen LogP contribution in [0.25, 0.3) is 275 Å². The lowest BCUT2D eigenvalue weighted by Gasteiger charge is -2.22. The standard InChI is InChI=1S/C35H23N3S.C32H17N3O2.2C32H17N3OS/c1-35(2)25-13-6-3-10-20(25)23-18-24-21-11-4-7-15-28(21)38(29(24)19-26(23)35)34-36-27-14-9-17-31-32(27)33(37-34)22-12-5-8-16-30(22)39-31;1-4-12-24-18(8-1)21-16-22-19-9-2-5-13-26(19)37-29(22)17-25(21)35(24)32-33-23-11-7-15-28-30(23)31(34-32)20-10-3-6-14-27(20)36-28;1-4-12-24-18(8-1)20-16-17-21-19-9-3-6-15-27(19)37-31(21)30(20)35(24)32-33-23-11-7-14-26-28(23)29(34-32)22-10-2-5-13-25(22)36-26;1-4-12-24-18(8-1)21-16-22-19-9-2-5-13-26(19)36-27(22)17-25(21)35(24)32-33-23-11-7-15-29-30(23)31(34-32)20-10-3-6-14-28(20)37-29/h3-19H,1-2H3;3*1-17H. The predicted molar refractivity (Wildman–Crippen MR) is 611 cm³/mol. The van der Waals surface area contributed by atoms with Gasteiger partial charge in [0.25, 0.3) is 0 Å². The number of fused-ring (bicyclic) bond motifs is 33. The summed E-state index contributed by atoms with van der Waals surface area (Å²) in [5, 5.41) is 20.7. The van der Waals surface area contributed by atoms with Gasteiger partial charge in [0, 0.05) is 150 Å². The van der Waals surface area contributed by atoms with Crippen molar-refractivity contribution >= 4 is 230 Å². The van der Waals surface area contributed by atoms with Crippen LogP contribution < -0.4 is 9.47 Å². The molecule has 36 rings (SSSR count). The van der Waals surface area contributed by atoms with Crippen LogP contribution in [0.5, 0.6) is 23.0 Å². The molecule has 31 aromatic rings. The second-order valence-electron chi connectivity index (χ2n) is 39.3. The van der Waals surface area contributed by atoms with Gasteiger partial charge in [-0.15, -0.1) is 11.3 Å². The maximum atomic E-state index is 6.28. The SMILES string of the molecule is CC1(C)c2ccccc2-c2cc3c4ccccc4n(-c4nc5c6c(cccc6n4)Sc4ccccc4-5)c3cc21.c1ccc2c(c1)Oc1cccc3nc(-n4c5ccccc5c5cc6c(cc54)oc4ccccc46)nc-2c13.c1ccc2c(c1)Oc1cccc3nc(-n4c5ccccc5c5ccc6c7ccccc7sc6c54)nc-2c13.c1ccc2c(c1)Sc1cccc3nc(-n4c5ccccc5c5cc6c(cc54)oc4ccccc46)nc-2c13. The number of nitrogens with zero attached hydrogens (tertiary/aromatic N) is 12. The van der Waals surface area contributed by atoms with Crippen molar-refractivity contribution in [2.45, 2.75) is 38.8 Å². The van der Waals surface area contributed by atoms with Gasteiger partial charge in [-0.1, -0.05) is 286 Å². The average molecular weight is 1980 g/mol. The fourth-order valence-corrected chi connectivity index (χ4v) is 27.6. The molecule has 11 aromatic heterocycles. The highest BCUT2D eigenvalue weighted by atomic mass is 32.2. The molecule has 150 heavy (non-hydrogen) atoms.